The first kappa shape index (κ1) is 19.7. The fourth-order valence-corrected chi connectivity index (χ4v) is 3.94. The van der Waals surface area contributed by atoms with Gasteiger partial charge in [0.1, 0.15) is 0 Å². The molecule has 1 fully saturated rings. The first-order chi connectivity index (χ1) is 12.9. The highest BCUT2D eigenvalue weighted by Crippen LogP contribution is 2.27. The van der Waals surface area contributed by atoms with Crippen molar-refractivity contribution in [1.29, 1.82) is 0 Å². The van der Waals surface area contributed by atoms with Gasteiger partial charge in [0.05, 0.1) is 35.5 Å². The van der Waals surface area contributed by atoms with Gasteiger partial charge in [0.2, 0.25) is 11.9 Å². The quantitative estimate of drug-likeness (QED) is 0.746. The Labute approximate surface area is 163 Å². The fraction of sp³-hybridized carbons (Fsp3) is 0.647. The zero-order valence-electron chi connectivity index (χ0n) is 16.5. The fourth-order valence-electron chi connectivity index (χ4n) is 3.03. The standard InChI is InChI=1S/C17H27N7O2S/c1-6-24-16(23-7-9-26-10-8-23)19-20-17(24)27-13(4)15(25)18-14-11(2)21-22(5)12(14)3/h13H,6-10H2,1-5H3,(H,18,25)/t13-/m1/s1. The second-order valence-electron chi connectivity index (χ2n) is 6.55. The number of aryl methyl sites for hydroxylation is 2. The Hall–Kier alpha value is -2.07. The van der Waals surface area contributed by atoms with Crippen molar-refractivity contribution < 1.29 is 9.53 Å². The topological polar surface area (TPSA) is 90.1 Å². The number of hydrogen-bond donors (Lipinski definition) is 1. The Morgan fingerprint density at radius 2 is 2.00 bits per heavy atom. The lowest BCUT2D eigenvalue weighted by Crippen LogP contribution is -2.38. The highest BCUT2D eigenvalue weighted by Gasteiger charge is 2.24. The summed E-state index contributed by atoms with van der Waals surface area (Å²) < 4.78 is 9.24. The van der Waals surface area contributed by atoms with Crippen LogP contribution in [0.3, 0.4) is 0 Å². The number of rotatable bonds is 6. The zero-order valence-corrected chi connectivity index (χ0v) is 17.3. The first-order valence-electron chi connectivity index (χ1n) is 9.16. The van der Waals surface area contributed by atoms with Crippen LogP contribution in [0.5, 0.6) is 0 Å². The van der Waals surface area contributed by atoms with Crippen LogP contribution in [0.25, 0.3) is 0 Å². The molecular formula is C17H27N7O2S. The Morgan fingerprint density at radius 1 is 1.30 bits per heavy atom. The maximum absolute atomic E-state index is 12.7. The highest BCUT2D eigenvalue weighted by atomic mass is 32.2. The minimum Gasteiger partial charge on any atom is -0.378 e. The molecule has 3 heterocycles. The average Bonchev–Trinajstić information content (AvgIpc) is 3.17. The van der Waals surface area contributed by atoms with Gasteiger partial charge in [0.15, 0.2) is 5.16 Å². The molecule has 1 aliphatic rings. The van der Waals surface area contributed by atoms with E-state index in [1.54, 1.807) is 4.68 Å². The van der Waals surface area contributed by atoms with Gasteiger partial charge in [-0.3, -0.25) is 14.0 Å². The smallest absolute Gasteiger partial charge is 0.237 e. The van der Waals surface area contributed by atoms with E-state index in [-0.39, 0.29) is 11.2 Å². The van der Waals surface area contributed by atoms with Crippen molar-refractivity contribution in [2.45, 2.75) is 44.6 Å². The Balaban J connectivity index is 1.70. The molecule has 0 bridgehead atoms. The van der Waals surface area contributed by atoms with Gasteiger partial charge >= 0.3 is 0 Å². The van der Waals surface area contributed by atoms with Gasteiger partial charge in [-0.1, -0.05) is 11.8 Å². The van der Waals surface area contributed by atoms with E-state index >= 15 is 0 Å². The summed E-state index contributed by atoms with van der Waals surface area (Å²) in [4.78, 5) is 14.9. The highest BCUT2D eigenvalue weighted by molar-refractivity contribution is 8.00. The molecule has 2 aromatic heterocycles. The third kappa shape index (κ3) is 4.11. The van der Waals surface area contributed by atoms with Gasteiger partial charge in [-0.05, 0) is 27.7 Å². The molecule has 0 aliphatic carbocycles. The molecule has 1 aliphatic heterocycles. The Kier molecular flexibility index (Phi) is 6.05. The molecule has 10 heteroatoms. The van der Waals surface area contributed by atoms with Crippen molar-refractivity contribution in [3.05, 3.63) is 11.4 Å². The molecule has 1 N–H and O–H groups in total. The van der Waals surface area contributed by atoms with Crippen LogP contribution < -0.4 is 10.2 Å². The number of thioether (sulfide) groups is 1. The lowest BCUT2D eigenvalue weighted by atomic mass is 10.3. The van der Waals surface area contributed by atoms with E-state index in [1.807, 2.05) is 27.8 Å². The monoisotopic (exact) mass is 393 g/mol. The molecule has 0 radical (unpaired) electrons. The van der Waals surface area contributed by atoms with E-state index in [2.05, 4.69) is 37.0 Å². The van der Waals surface area contributed by atoms with Crippen molar-refractivity contribution in [2.24, 2.45) is 7.05 Å². The molecule has 0 spiro atoms. The van der Waals surface area contributed by atoms with Gasteiger partial charge in [-0.15, -0.1) is 10.2 Å². The third-order valence-electron chi connectivity index (χ3n) is 4.72. The molecule has 2 aromatic rings. The second kappa shape index (κ2) is 8.30. The summed E-state index contributed by atoms with van der Waals surface area (Å²) >= 11 is 1.42. The van der Waals surface area contributed by atoms with Crippen LogP contribution in [-0.4, -0.2) is 62.0 Å². The van der Waals surface area contributed by atoms with Crippen LogP contribution in [0.2, 0.25) is 0 Å². The molecule has 148 valence electrons. The van der Waals surface area contributed by atoms with Gasteiger partial charge < -0.3 is 15.0 Å². The largest absolute Gasteiger partial charge is 0.378 e. The van der Waals surface area contributed by atoms with Gasteiger partial charge in [0, 0.05) is 26.7 Å². The van der Waals surface area contributed by atoms with Crippen LogP contribution in [0.1, 0.15) is 25.2 Å². The van der Waals surface area contributed by atoms with Crippen LogP contribution in [0.15, 0.2) is 5.16 Å². The van der Waals surface area contributed by atoms with Gasteiger partial charge in [-0.2, -0.15) is 5.10 Å². The van der Waals surface area contributed by atoms with Crippen LogP contribution >= 0.6 is 11.8 Å². The maximum Gasteiger partial charge on any atom is 0.237 e. The molecule has 0 aromatic carbocycles. The molecule has 0 saturated carbocycles. The molecule has 3 rings (SSSR count). The number of carbonyl (C=O) groups excluding carboxylic acids is 1. The van der Waals surface area contributed by atoms with Gasteiger partial charge in [0.25, 0.3) is 0 Å². The van der Waals surface area contributed by atoms with Crippen molar-refractivity contribution in [3.8, 4) is 0 Å². The van der Waals surface area contributed by atoms with Crippen LogP contribution in [0.4, 0.5) is 11.6 Å². The number of carbonyl (C=O) groups is 1. The van der Waals surface area contributed by atoms with Crippen LogP contribution in [0, 0.1) is 13.8 Å². The predicted octanol–water partition coefficient (Wildman–Crippen LogP) is 1.60. The normalized spacial score (nSPS) is 15.8. The summed E-state index contributed by atoms with van der Waals surface area (Å²) in [6.45, 7) is 11.5. The van der Waals surface area contributed by atoms with Crippen molar-refractivity contribution >= 4 is 29.3 Å². The molecule has 9 nitrogen and oxygen atoms in total. The molecule has 27 heavy (non-hydrogen) atoms. The molecule has 1 amide bonds. The molecule has 1 saturated heterocycles. The number of amides is 1. The molecule has 0 unspecified atom stereocenters. The first-order valence-corrected chi connectivity index (χ1v) is 10.0. The van der Waals surface area contributed by atoms with E-state index in [4.69, 9.17) is 4.74 Å². The summed E-state index contributed by atoms with van der Waals surface area (Å²) in [7, 11) is 1.87. The van der Waals surface area contributed by atoms with Crippen molar-refractivity contribution in [3.63, 3.8) is 0 Å². The van der Waals surface area contributed by atoms with Crippen molar-refractivity contribution in [2.75, 3.05) is 36.5 Å². The number of morpholine rings is 1. The number of anilines is 2. The minimum absolute atomic E-state index is 0.0715. The zero-order chi connectivity index (χ0) is 19.6. The Bertz CT molecular complexity index is 811. The Morgan fingerprint density at radius 3 is 2.59 bits per heavy atom. The number of nitrogens with zero attached hydrogens (tertiary/aromatic N) is 6. The summed E-state index contributed by atoms with van der Waals surface area (Å²) in [6.07, 6.45) is 0. The number of ether oxygens (including phenoxy) is 1. The van der Waals surface area contributed by atoms with Gasteiger partial charge in [-0.25, -0.2) is 0 Å². The summed E-state index contributed by atoms with van der Waals surface area (Å²) in [5.41, 5.74) is 2.53. The van der Waals surface area contributed by atoms with Crippen LogP contribution in [-0.2, 0) is 23.1 Å². The number of hydrogen-bond acceptors (Lipinski definition) is 7. The number of nitrogens with one attached hydrogen (secondary N) is 1. The SMILES string of the molecule is CCn1c(S[C@H](C)C(=O)Nc2c(C)nn(C)c2C)nnc1N1CCOCC1. The summed E-state index contributed by atoms with van der Waals surface area (Å²) in [5.74, 6) is 0.771. The summed E-state index contributed by atoms with van der Waals surface area (Å²) in [5, 5.41) is 16.5. The maximum atomic E-state index is 12.7. The van der Waals surface area contributed by atoms with Crippen molar-refractivity contribution in [1.82, 2.24) is 24.5 Å². The number of aromatic nitrogens is 5. The third-order valence-corrected chi connectivity index (χ3v) is 5.80. The lowest BCUT2D eigenvalue weighted by Gasteiger charge is -2.27. The average molecular weight is 394 g/mol. The molecular weight excluding hydrogens is 366 g/mol. The summed E-state index contributed by atoms with van der Waals surface area (Å²) in [6, 6.07) is 0. The predicted molar refractivity (Wildman–Crippen MR) is 105 cm³/mol. The van der Waals surface area contributed by atoms with E-state index in [0.29, 0.717) is 13.2 Å². The van der Waals surface area contributed by atoms with E-state index in [9.17, 15) is 4.79 Å². The van der Waals surface area contributed by atoms with E-state index < -0.39 is 0 Å². The lowest BCUT2D eigenvalue weighted by molar-refractivity contribution is -0.115. The molecule has 1 atom stereocenters. The van der Waals surface area contributed by atoms with E-state index in [0.717, 1.165) is 47.8 Å². The second-order valence-corrected chi connectivity index (χ2v) is 7.85. The van der Waals surface area contributed by atoms with E-state index in [1.165, 1.54) is 11.8 Å². The minimum atomic E-state index is -0.309.